The summed E-state index contributed by atoms with van der Waals surface area (Å²) in [7, 11) is -4.11. The SMILES string of the molecule is CCCCN(CC(=O)O)C(=O)C(Cc1ccc(C#N)cc1)NS(=O)(=O)c1ccc2ccccc2c1. The number of benzene rings is 3. The Balaban J connectivity index is 1.95. The van der Waals surface area contributed by atoms with Crippen molar-refractivity contribution in [2.45, 2.75) is 37.1 Å². The number of carboxylic acids is 1. The molecule has 0 heterocycles. The van der Waals surface area contributed by atoms with Gasteiger partial charge in [0.1, 0.15) is 12.6 Å². The zero-order valence-electron chi connectivity index (χ0n) is 19.3. The van der Waals surface area contributed by atoms with Crippen LogP contribution in [0.1, 0.15) is 30.9 Å². The average Bonchev–Trinajstić information content (AvgIpc) is 2.85. The van der Waals surface area contributed by atoms with E-state index in [9.17, 15) is 23.1 Å². The van der Waals surface area contributed by atoms with E-state index in [4.69, 9.17) is 5.26 Å². The molecule has 0 saturated heterocycles. The van der Waals surface area contributed by atoms with Gasteiger partial charge in [-0.3, -0.25) is 9.59 Å². The molecule has 2 N–H and O–H groups in total. The summed E-state index contributed by atoms with van der Waals surface area (Å²) < 4.78 is 29.1. The Hall–Kier alpha value is -3.74. The second-order valence-corrected chi connectivity index (χ2v) is 9.92. The summed E-state index contributed by atoms with van der Waals surface area (Å²) in [6.07, 6.45) is 1.33. The number of hydrogen-bond donors (Lipinski definition) is 2. The summed E-state index contributed by atoms with van der Waals surface area (Å²) >= 11 is 0. The van der Waals surface area contributed by atoms with Crippen molar-refractivity contribution in [1.29, 1.82) is 5.26 Å². The Labute approximate surface area is 204 Å². The van der Waals surface area contributed by atoms with Gasteiger partial charge in [-0.25, -0.2) is 8.42 Å². The number of fused-ring (bicyclic) bond motifs is 1. The van der Waals surface area contributed by atoms with Crippen molar-refractivity contribution in [3.63, 3.8) is 0 Å². The van der Waals surface area contributed by atoms with Gasteiger partial charge < -0.3 is 10.0 Å². The maximum Gasteiger partial charge on any atom is 0.323 e. The number of carbonyl (C=O) groups excluding carboxylic acids is 1. The zero-order chi connectivity index (χ0) is 25.4. The highest BCUT2D eigenvalue weighted by Crippen LogP contribution is 2.20. The van der Waals surface area contributed by atoms with E-state index in [1.165, 1.54) is 17.0 Å². The summed E-state index contributed by atoms with van der Waals surface area (Å²) in [4.78, 5) is 26.0. The van der Waals surface area contributed by atoms with Gasteiger partial charge in [0.15, 0.2) is 0 Å². The molecule has 1 unspecified atom stereocenters. The monoisotopic (exact) mass is 493 g/mol. The first-order chi connectivity index (χ1) is 16.7. The molecule has 0 aliphatic rings. The van der Waals surface area contributed by atoms with Crippen LogP contribution in [0.25, 0.3) is 10.8 Å². The molecule has 1 atom stereocenters. The lowest BCUT2D eigenvalue weighted by atomic mass is 10.0. The van der Waals surface area contributed by atoms with Crippen LogP contribution in [0.3, 0.4) is 0 Å². The highest BCUT2D eigenvalue weighted by atomic mass is 32.2. The van der Waals surface area contributed by atoms with Gasteiger partial charge >= 0.3 is 5.97 Å². The minimum atomic E-state index is -4.11. The number of carboxylic acid groups (broad SMARTS) is 1. The molecule has 35 heavy (non-hydrogen) atoms. The van der Waals surface area contributed by atoms with E-state index in [0.29, 0.717) is 17.5 Å². The summed E-state index contributed by atoms with van der Waals surface area (Å²) in [6, 6.07) is 19.3. The highest BCUT2D eigenvalue weighted by Gasteiger charge is 2.30. The second-order valence-electron chi connectivity index (χ2n) is 8.20. The van der Waals surface area contributed by atoms with Crippen molar-refractivity contribution >= 4 is 32.7 Å². The molecule has 0 aromatic heterocycles. The van der Waals surface area contributed by atoms with E-state index in [0.717, 1.165) is 17.2 Å². The maximum atomic E-state index is 13.4. The molecule has 3 aromatic rings. The third-order valence-electron chi connectivity index (χ3n) is 5.57. The number of amides is 1. The summed E-state index contributed by atoms with van der Waals surface area (Å²) in [6.45, 7) is 1.59. The van der Waals surface area contributed by atoms with Crippen LogP contribution >= 0.6 is 0 Å². The molecule has 0 aliphatic carbocycles. The Kier molecular flexibility index (Phi) is 8.58. The molecular formula is C26H27N3O5S. The Morgan fingerprint density at radius 2 is 1.74 bits per heavy atom. The summed E-state index contributed by atoms with van der Waals surface area (Å²) in [5.74, 6) is -1.79. The first-order valence-corrected chi connectivity index (χ1v) is 12.7. The van der Waals surface area contributed by atoms with Gasteiger partial charge in [-0.05, 0) is 53.4 Å². The molecule has 1 amide bonds. The molecule has 0 radical (unpaired) electrons. The summed E-state index contributed by atoms with van der Waals surface area (Å²) in [5.41, 5.74) is 1.07. The quantitative estimate of drug-likeness (QED) is 0.422. The number of unbranched alkanes of at least 4 members (excludes halogenated alkanes) is 1. The smallest absolute Gasteiger partial charge is 0.323 e. The first kappa shape index (κ1) is 25.9. The van der Waals surface area contributed by atoms with E-state index < -0.39 is 34.5 Å². The van der Waals surface area contributed by atoms with Crippen LogP contribution in [0.2, 0.25) is 0 Å². The fraction of sp³-hybridized carbons (Fsp3) is 0.269. The predicted octanol–water partition coefficient (Wildman–Crippen LogP) is 3.31. The molecule has 0 saturated carbocycles. The number of nitriles is 1. The Morgan fingerprint density at radius 3 is 2.37 bits per heavy atom. The molecule has 0 bridgehead atoms. The van der Waals surface area contributed by atoms with Crippen LogP contribution in [0, 0.1) is 11.3 Å². The van der Waals surface area contributed by atoms with Gasteiger partial charge in [0, 0.05) is 6.54 Å². The van der Waals surface area contributed by atoms with Crippen LogP contribution in [0.5, 0.6) is 0 Å². The van der Waals surface area contributed by atoms with Crippen LogP contribution in [-0.2, 0) is 26.0 Å². The zero-order valence-corrected chi connectivity index (χ0v) is 20.2. The molecule has 0 fully saturated rings. The molecular weight excluding hydrogens is 466 g/mol. The highest BCUT2D eigenvalue weighted by molar-refractivity contribution is 7.89. The topological polar surface area (TPSA) is 128 Å². The number of sulfonamides is 1. The van der Waals surface area contributed by atoms with E-state index in [1.807, 2.05) is 25.1 Å². The number of aliphatic carboxylic acids is 1. The molecule has 9 heteroatoms. The van der Waals surface area contributed by atoms with Crippen LogP contribution in [-0.4, -0.2) is 49.4 Å². The Bertz CT molecular complexity index is 1350. The molecule has 0 aliphatic heterocycles. The van der Waals surface area contributed by atoms with Gasteiger partial charge in [0.05, 0.1) is 16.5 Å². The van der Waals surface area contributed by atoms with Crippen LogP contribution < -0.4 is 4.72 Å². The van der Waals surface area contributed by atoms with E-state index in [1.54, 1.807) is 42.5 Å². The van der Waals surface area contributed by atoms with Crippen molar-refractivity contribution in [3.8, 4) is 6.07 Å². The van der Waals surface area contributed by atoms with Gasteiger partial charge in [0.25, 0.3) is 0 Å². The van der Waals surface area contributed by atoms with Gasteiger partial charge in [-0.1, -0.05) is 55.8 Å². The number of nitrogens with zero attached hydrogens (tertiary/aromatic N) is 2. The summed E-state index contributed by atoms with van der Waals surface area (Å²) in [5, 5.41) is 20.0. The number of nitrogens with one attached hydrogen (secondary N) is 1. The van der Waals surface area contributed by atoms with E-state index >= 15 is 0 Å². The normalized spacial score (nSPS) is 12.1. The molecule has 8 nitrogen and oxygen atoms in total. The number of carbonyl (C=O) groups is 2. The van der Waals surface area contributed by atoms with Gasteiger partial charge in [-0.2, -0.15) is 9.98 Å². The fourth-order valence-electron chi connectivity index (χ4n) is 3.72. The minimum absolute atomic E-state index is 0.000400. The lowest BCUT2D eigenvalue weighted by molar-refractivity contribution is -0.145. The lowest BCUT2D eigenvalue weighted by Gasteiger charge is -2.27. The first-order valence-electron chi connectivity index (χ1n) is 11.2. The molecule has 182 valence electrons. The van der Waals surface area contributed by atoms with Crippen LogP contribution in [0.4, 0.5) is 0 Å². The third-order valence-corrected chi connectivity index (χ3v) is 7.04. The van der Waals surface area contributed by atoms with E-state index in [-0.39, 0.29) is 17.9 Å². The van der Waals surface area contributed by atoms with Gasteiger partial charge in [0.2, 0.25) is 15.9 Å². The van der Waals surface area contributed by atoms with Gasteiger partial charge in [-0.15, -0.1) is 0 Å². The van der Waals surface area contributed by atoms with E-state index in [2.05, 4.69) is 4.72 Å². The fourth-order valence-corrected chi connectivity index (χ4v) is 4.94. The average molecular weight is 494 g/mol. The molecule has 3 aromatic carbocycles. The van der Waals surface area contributed by atoms with Crippen LogP contribution in [0.15, 0.2) is 71.6 Å². The number of hydrogen-bond acceptors (Lipinski definition) is 5. The van der Waals surface area contributed by atoms with Crippen molar-refractivity contribution in [2.75, 3.05) is 13.1 Å². The number of rotatable bonds is 11. The standard InChI is InChI=1S/C26H27N3O5S/c1-2-3-14-29(18-25(30)31)26(32)24(15-19-8-10-20(17-27)11-9-19)28-35(33,34)23-13-12-21-6-4-5-7-22(21)16-23/h4-13,16,24,28H,2-3,14-15,18H2,1H3,(H,30,31). The Morgan fingerprint density at radius 1 is 1.06 bits per heavy atom. The van der Waals surface area contributed by atoms with Crippen molar-refractivity contribution < 1.29 is 23.1 Å². The lowest BCUT2D eigenvalue weighted by Crippen LogP contribution is -2.51. The second kappa shape index (κ2) is 11.6. The molecule has 0 spiro atoms. The van der Waals surface area contributed by atoms with Crippen molar-refractivity contribution in [2.24, 2.45) is 0 Å². The maximum absolute atomic E-state index is 13.4. The minimum Gasteiger partial charge on any atom is -0.480 e. The largest absolute Gasteiger partial charge is 0.480 e. The van der Waals surface area contributed by atoms with Crippen molar-refractivity contribution in [1.82, 2.24) is 9.62 Å². The predicted molar refractivity (Wildman–Crippen MR) is 132 cm³/mol. The third kappa shape index (κ3) is 6.88. The van der Waals surface area contributed by atoms with Crippen molar-refractivity contribution in [3.05, 3.63) is 77.9 Å². The molecule has 3 rings (SSSR count).